The molecule has 1 heterocycles. The second kappa shape index (κ2) is 5.22. The van der Waals surface area contributed by atoms with Crippen molar-refractivity contribution in [3.8, 4) is 17.0 Å². The number of benzene rings is 2. The predicted molar refractivity (Wildman–Crippen MR) is 80.0 cm³/mol. The second-order valence-corrected chi connectivity index (χ2v) is 4.97. The van der Waals surface area contributed by atoms with E-state index in [-0.39, 0.29) is 10.8 Å². The van der Waals surface area contributed by atoms with Crippen molar-refractivity contribution in [3.05, 3.63) is 59.4 Å². The molecular formula is C16H11ClFNO2. The molecule has 3 rings (SSSR count). The molecule has 0 atom stereocenters. The van der Waals surface area contributed by atoms with Gasteiger partial charge in [-0.05, 0) is 24.6 Å². The van der Waals surface area contributed by atoms with Gasteiger partial charge in [-0.1, -0.05) is 35.0 Å². The van der Waals surface area contributed by atoms with Gasteiger partial charge in [-0.2, -0.15) is 0 Å². The van der Waals surface area contributed by atoms with E-state index in [9.17, 15) is 9.50 Å². The first-order chi connectivity index (χ1) is 10.1. The Morgan fingerprint density at radius 2 is 2.14 bits per heavy atom. The highest BCUT2D eigenvalue weighted by Gasteiger charge is 2.21. The van der Waals surface area contributed by atoms with Crippen LogP contribution in [0.3, 0.4) is 0 Å². The number of phenols is 1. The number of hydrogen-bond acceptors (Lipinski definition) is 3. The van der Waals surface area contributed by atoms with Gasteiger partial charge in [0.15, 0.2) is 5.58 Å². The lowest BCUT2D eigenvalue weighted by Crippen LogP contribution is -1.87. The molecule has 0 aliphatic rings. The van der Waals surface area contributed by atoms with E-state index in [1.54, 1.807) is 24.3 Å². The van der Waals surface area contributed by atoms with Gasteiger partial charge in [-0.25, -0.2) is 4.39 Å². The molecule has 0 saturated heterocycles. The largest absolute Gasteiger partial charge is 0.507 e. The van der Waals surface area contributed by atoms with Crippen LogP contribution >= 0.6 is 11.6 Å². The zero-order valence-electron chi connectivity index (χ0n) is 10.9. The number of allylic oxidation sites excluding steroid dienone is 1. The summed E-state index contributed by atoms with van der Waals surface area (Å²) in [4.78, 5) is 0. The Balaban J connectivity index is 2.35. The Hall–Kier alpha value is -2.33. The summed E-state index contributed by atoms with van der Waals surface area (Å²) in [6.07, 6.45) is 2.03. The maximum absolute atomic E-state index is 14.0. The highest BCUT2D eigenvalue weighted by atomic mass is 35.5. The number of phenolic OH excluding ortho intramolecular Hbond substituents is 1. The molecule has 2 aromatic carbocycles. The Morgan fingerprint density at radius 3 is 2.86 bits per heavy atom. The maximum atomic E-state index is 14.0. The fourth-order valence-electron chi connectivity index (χ4n) is 2.29. The van der Waals surface area contributed by atoms with Crippen molar-refractivity contribution in [2.75, 3.05) is 0 Å². The van der Waals surface area contributed by atoms with E-state index in [1.807, 2.05) is 0 Å². The van der Waals surface area contributed by atoms with Crippen LogP contribution in [-0.4, -0.2) is 10.3 Å². The maximum Gasteiger partial charge on any atom is 0.176 e. The van der Waals surface area contributed by atoms with Gasteiger partial charge in [0.2, 0.25) is 0 Å². The molecule has 0 saturated carbocycles. The van der Waals surface area contributed by atoms with Crippen LogP contribution in [0.25, 0.3) is 22.2 Å². The molecule has 0 bridgehead atoms. The molecule has 1 N–H and O–H groups in total. The summed E-state index contributed by atoms with van der Waals surface area (Å²) in [6, 6.07) is 7.65. The standard InChI is InChI=1S/C16H11ClFNO2/c1-2-5-10-13(20)8-11(17)14-15(19-21-16(10)14)9-6-3-4-7-12(9)18/h2-4,6-8,20H,1,5H2. The topological polar surface area (TPSA) is 46.3 Å². The smallest absolute Gasteiger partial charge is 0.176 e. The van der Waals surface area contributed by atoms with Gasteiger partial charge in [0.25, 0.3) is 0 Å². The molecule has 0 amide bonds. The molecule has 0 spiro atoms. The normalized spacial score (nSPS) is 11.0. The van der Waals surface area contributed by atoms with Crippen LogP contribution in [-0.2, 0) is 6.42 Å². The molecular weight excluding hydrogens is 293 g/mol. The summed E-state index contributed by atoms with van der Waals surface area (Å²) in [5.41, 5.74) is 1.49. The Morgan fingerprint density at radius 1 is 1.38 bits per heavy atom. The first kappa shape index (κ1) is 13.6. The van der Waals surface area contributed by atoms with Gasteiger partial charge in [0.05, 0.1) is 10.4 Å². The Bertz CT molecular complexity index is 842. The minimum Gasteiger partial charge on any atom is -0.507 e. The molecule has 0 aliphatic heterocycles. The highest BCUT2D eigenvalue weighted by Crippen LogP contribution is 2.40. The average Bonchev–Trinajstić information content (AvgIpc) is 2.89. The van der Waals surface area contributed by atoms with E-state index in [2.05, 4.69) is 11.7 Å². The van der Waals surface area contributed by atoms with Gasteiger partial charge in [-0.3, -0.25) is 0 Å². The number of nitrogens with zero attached hydrogens (tertiary/aromatic N) is 1. The molecule has 106 valence electrons. The molecule has 0 aliphatic carbocycles. The third-order valence-corrected chi connectivity index (χ3v) is 3.55. The molecule has 0 fully saturated rings. The molecule has 3 nitrogen and oxygen atoms in total. The van der Waals surface area contributed by atoms with Crippen molar-refractivity contribution < 1.29 is 14.0 Å². The minimum atomic E-state index is -0.415. The van der Waals surface area contributed by atoms with E-state index < -0.39 is 5.82 Å². The summed E-state index contributed by atoms with van der Waals surface area (Å²) in [5, 5.41) is 14.6. The zero-order valence-corrected chi connectivity index (χ0v) is 11.7. The minimum absolute atomic E-state index is 0.00336. The Labute approximate surface area is 125 Å². The zero-order chi connectivity index (χ0) is 15.0. The van der Waals surface area contributed by atoms with E-state index in [0.29, 0.717) is 34.2 Å². The molecule has 1 aromatic heterocycles. The fourth-order valence-corrected chi connectivity index (χ4v) is 2.57. The van der Waals surface area contributed by atoms with Crippen LogP contribution < -0.4 is 0 Å². The molecule has 5 heteroatoms. The first-order valence-electron chi connectivity index (χ1n) is 6.29. The van der Waals surface area contributed by atoms with E-state index in [1.165, 1.54) is 12.1 Å². The lowest BCUT2D eigenvalue weighted by molar-refractivity contribution is 0.445. The SMILES string of the molecule is C=CCc1c(O)cc(Cl)c2c(-c3ccccc3F)noc12. The monoisotopic (exact) mass is 303 g/mol. The molecule has 0 unspecified atom stereocenters. The summed E-state index contributed by atoms with van der Waals surface area (Å²) in [5.74, 6) is -0.411. The third kappa shape index (κ3) is 2.17. The number of aromatic hydroxyl groups is 1. The van der Waals surface area contributed by atoms with Crippen molar-refractivity contribution in [3.63, 3.8) is 0 Å². The van der Waals surface area contributed by atoms with Crippen LogP contribution in [0.15, 0.2) is 47.5 Å². The van der Waals surface area contributed by atoms with Crippen LogP contribution in [0.5, 0.6) is 5.75 Å². The fraction of sp³-hybridized carbons (Fsp3) is 0.0625. The quantitative estimate of drug-likeness (QED) is 0.712. The molecule has 0 radical (unpaired) electrons. The van der Waals surface area contributed by atoms with Crippen molar-refractivity contribution in [2.24, 2.45) is 0 Å². The number of hydrogen-bond donors (Lipinski definition) is 1. The van der Waals surface area contributed by atoms with E-state index in [0.717, 1.165) is 0 Å². The van der Waals surface area contributed by atoms with Crippen molar-refractivity contribution in [1.82, 2.24) is 5.16 Å². The van der Waals surface area contributed by atoms with Gasteiger partial charge < -0.3 is 9.63 Å². The van der Waals surface area contributed by atoms with Crippen LogP contribution in [0.4, 0.5) is 4.39 Å². The molecule has 3 aromatic rings. The highest BCUT2D eigenvalue weighted by molar-refractivity contribution is 6.36. The number of halogens is 2. The number of aromatic nitrogens is 1. The van der Waals surface area contributed by atoms with Gasteiger partial charge in [0.1, 0.15) is 17.3 Å². The van der Waals surface area contributed by atoms with Gasteiger partial charge in [0, 0.05) is 11.1 Å². The summed E-state index contributed by atoms with van der Waals surface area (Å²) < 4.78 is 19.2. The summed E-state index contributed by atoms with van der Waals surface area (Å²) >= 11 is 6.17. The van der Waals surface area contributed by atoms with Crippen molar-refractivity contribution in [1.29, 1.82) is 0 Å². The second-order valence-electron chi connectivity index (χ2n) is 4.56. The molecule has 21 heavy (non-hydrogen) atoms. The lowest BCUT2D eigenvalue weighted by Gasteiger charge is -2.04. The first-order valence-corrected chi connectivity index (χ1v) is 6.66. The third-order valence-electron chi connectivity index (χ3n) is 3.26. The van der Waals surface area contributed by atoms with Gasteiger partial charge in [-0.15, -0.1) is 6.58 Å². The van der Waals surface area contributed by atoms with Crippen LogP contribution in [0.2, 0.25) is 5.02 Å². The summed E-state index contributed by atoms with van der Waals surface area (Å²) in [6.45, 7) is 3.64. The van der Waals surface area contributed by atoms with Gasteiger partial charge >= 0.3 is 0 Å². The Kier molecular flexibility index (Phi) is 3.39. The van der Waals surface area contributed by atoms with Crippen molar-refractivity contribution >= 4 is 22.6 Å². The van der Waals surface area contributed by atoms with E-state index in [4.69, 9.17) is 16.1 Å². The predicted octanol–water partition coefficient (Wildman–Crippen LogP) is 4.72. The van der Waals surface area contributed by atoms with Crippen LogP contribution in [0, 0.1) is 5.82 Å². The number of fused-ring (bicyclic) bond motifs is 1. The summed E-state index contributed by atoms with van der Waals surface area (Å²) in [7, 11) is 0. The van der Waals surface area contributed by atoms with Crippen LogP contribution in [0.1, 0.15) is 5.56 Å². The lowest BCUT2D eigenvalue weighted by atomic mass is 10.0. The van der Waals surface area contributed by atoms with Crippen molar-refractivity contribution in [2.45, 2.75) is 6.42 Å². The van der Waals surface area contributed by atoms with E-state index >= 15 is 0 Å². The average molecular weight is 304 g/mol. The number of rotatable bonds is 3.